The molecule has 7 nitrogen and oxygen atoms in total. The summed E-state index contributed by atoms with van der Waals surface area (Å²) in [5, 5.41) is 5.49. The molecule has 0 aliphatic carbocycles. The Kier molecular flexibility index (Phi) is 6.61. The Morgan fingerprint density at radius 2 is 1.90 bits per heavy atom. The van der Waals surface area contributed by atoms with Crippen molar-refractivity contribution in [2.24, 2.45) is 0 Å². The molecule has 0 radical (unpaired) electrons. The molecule has 3 rings (SSSR count). The van der Waals surface area contributed by atoms with Gasteiger partial charge in [-0.25, -0.2) is 0 Å². The van der Waals surface area contributed by atoms with E-state index in [9.17, 15) is 14.4 Å². The molecule has 1 heterocycles. The average molecular weight is 394 g/mol. The second-order valence-corrected chi connectivity index (χ2v) is 7.20. The van der Waals surface area contributed by atoms with Crippen LogP contribution < -0.4 is 15.5 Å². The van der Waals surface area contributed by atoms with Crippen LogP contribution in [0.4, 0.5) is 11.4 Å². The summed E-state index contributed by atoms with van der Waals surface area (Å²) >= 11 is 0. The highest BCUT2D eigenvalue weighted by Gasteiger charge is 2.21. The van der Waals surface area contributed by atoms with Crippen molar-refractivity contribution < 1.29 is 14.4 Å². The van der Waals surface area contributed by atoms with Gasteiger partial charge in [-0.15, -0.1) is 0 Å². The number of nitrogens with zero attached hydrogens (tertiary/aromatic N) is 2. The minimum Gasteiger partial charge on any atom is -0.355 e. The molecule has 1 aliphatic rings. The van der Waals surface area contributed by atoms with Gasteiger partial charge in [-0.3, -0.25) is 19.3 Å². The highest BCUT2D eigenvalue weighted by Crippen LogP contribution is 2.24. The molecule has 3 amide bonds. The molecule has 0 atom stereocenters. The third kappa shape index (κ3) is 5.42. The molecule has 29 heavy (non-hydrogen) atoms. The number of likely N-dealkylation sites (N-methyl/N-ethyl adjacent to an activating group) is 1. The van der Waals surface area contributed by atoms with Crippen LogP contribution in [0.25, 0.3) is 0 Å². The van der Waals surface area contributed by atoms with Gasteiger partial charge in [-0.2, -0.15) is 0 Å². The van der Waals surface area contributed by atoms with Gasteiger partial charge in [0.1, 0.15) is 0 Å². The van der Waals surface area contributed by atoms with E-state index in [0.29, 0.717) is 24.2 Å². The summed E-state index contributed by atoms with van der Waals surface area (Å²) in [6.07, 6.45) is 1.44. The number of hydrogen-bond acceptors (Lipinski definition) is 4. The van der Waals surface area contributed by atoms with E-state index in [-0.39, 0.29) is 24.3 Å². The Bertz CT molecular complexity index is 895. The van der Waals surface area contributed by atoms with E-state index in [1.54, 1.807) is 24.1 Å². The van der Waals surface area contributed by atoms with Crippen molar-refractivity contribution in [1.82, 2.24) is 10.2 Å². The molecule has 2 N–H and O–H groups in total. The molecule has 7 heteroatoms. The first kappa shape index (κ1) is 20.5. The molecule has 0 spiro atoms. The van der Waals surface area contributed by atoms with Gasteiger partial charge in [-0.1, -0.05) is 18.2 Å². The maximum absolute atomic E-state index is 12.4. The van der Waals surface area contributed by atoms with E-state index in [2.05, 4.69) is 10.6 Å². The maximum atomic E-state index is 12.4. The maximum Gasteiger partial charge on any atom is 0.251 e. The SMILES string of the molecule is CNC(=O)c1ccc(CN(C)CC(=O)Nc2cccc(N3CCCC3=O)c2)cc1. The second kappa shape index (κ2) is 9.34. The van der Waals surface area contributed by atoms with Crippen molar-refractivity contribution >= 4 is 29.1 Å². The van der Waals surface area contributed by atoms with E-state index in [1.165, 1.54) is 0 Å². The van der Waals surface area contributed by atoms with E-state index in [1.807, 2.05) is 48.3 Å². The van der Waals surface area contributed by atoms with Crippen molar-refractivity contribution in [2.75, 3.05) is 37.4 Å². The predicted octanol–water partition coefficient (Wildman–Crippen LogP) is 2.24. The van der Waals surface area contributed by atoms with Crippen molar-refractivity contribution in [1.29, 1.82) is 0 Å². The van der Waals surface area contributed by atoms with Gasteiger partial charge in [0.25, 0.3) is 5.91 Å². The van der Waals surface area contributed by atoms with Gasteiger partial charge in [0.2, 0.25) is 11.8 Å². The fraction of sp³-hybridized carbons (Fsp3) is 0.318. The van der Waals surface area contributed by atoms with Gasteiger partial charge >= 0.3 is 0 Å². The molecule has 1 fully saturated rings. The molecule has 1 saturated heterocycles. The van der Waals surface area contributed by atoms with Crippen LogP contribution in [0.3, 0.4) is 0 Å². The largest absolute Gasteiger partial charge is 0.355 e. The minimum atomic E-state index is -0.126. The molecule has 2 aromatic rings. The lowest BCUT2D eigenvalue weighted by atomic mass is 10.1. The third-order valence-electron chi connectivity index (χ3n) is 4.82. The first-order valence-electron chi connectivity index (χ1n) is 9.66. The number of nitrogens with one attached hydrogen (secondary N) is 2. The summed E-state index contributed by atoms with van der Waals surface area (Å²) in [6.45, 7) is 1.53. The summed E-state index contributed by atoms with van der Waals surface area (Å²) < 4.78 is 0. The number of rotatable bonds is 7. The number of benzene rings is 2. The summed E-state index contributed by atoms with van der Waals surface area (Å²) in [7, 11) is 3.47. The second-order valence-electron chi connectivity index (χ2n) is 7.20. The Balaban J connectivity index is 1.54. The van der Waals surface area contributed by atoms with Crippen LogP contribution in [0.15, 0.2) is 48.5 Å². The molecule has 0 bridgehead atoms. The lowest BCUT2D eigenvalue weighted by molar-refractivity contribution is -0.117. The van der Waals surface area contributed by atoms with E-state index in [0.717, 1.165) is 24.2 Å². The topological polar surface area (TPSA) is 81.8 Å². The molecule has 1 aliphatic heterocycles. The van der Waals surface area contributed by atoms with Crippen molar-refractivity contribution in [3.8, 4) is 0 Å². The van der Waals surface area contributed by atoms with Crippen LogP contribution in [-0.2, 0) is 16.1 Å². The highest BCUT2D eigenvalue weighted by molar-refractivity contribution is 5.97. The van der Waals surface area contributed by atoms with Gasteiger partial charge in [0.05, 0.1) is 6.54 Å². The van der Waals surface area contributed by atoms with Crippen LogP contribution in [0.5, 0.6) is 0 Å². The normalized spacial score (nSPS) is 13.6. The Morgan fingerprint density at radius 1 is 1.14 bits per heavy atom. The van der Waals surface area contributed by atoms with E-state index < -0.39 is 0 Å². The first-order valence-corrected chi connectivity index (χ1v) is 9.66. The van der Waals surface area contributed by atoms with Gasteiger partial charge in [0, 0.05) is 43.5 Å². The molecular formula is C22H26N4O3. The summed E-state index contributed by atoms with van der Waals surface area (Å²) in [6, 6.07) is 14.7. The van der Waals surface area contributed by atoms with Crippen LogP contribution in [0.2, 0.25) is 0 Å². The average Bonchev–Trinajstić information content (AvgIpc) is 3.14. The van der Waals surface area contributed by atoms with E-state index in [4.69, 9.17) is 0 Å². The first-order chi connectivity index (χ1) is 14.0. The number of carbonyl (C=O) groups is 3. The Morgan fingerprint density at radius 3 is 2.55 bits per heavy atom. The van der Waals surface area contributed by atoms with Gasteiger partial charge < -0.3 is 15.5 Å². The summed E-state index contributed by atoms with van der Waals surface area (Å²) in [5.41, 5.74) is 3.11. The predicted molar refractivity (Wildman–Crippen MR) is 113 cm³/mol. The summed E-state index contributed by atoms with van der Waals surface area (Å²) in [4.78, 5) is 39.6. The standard InChI is InChI=1S/C22H26N4O3/c1-23-22(29)17-10-8-16(9-11-17)14-25(2)15-20(27)24-18-5-3-6-19(13-18)26-12-4-7-21(26)28/h3,5-6,8-11,13H,4,7,12,14-15H2,1-2H3,(H,23,29)(H,24,27). The zero-order valence-electron chi connectivity index (χ0n) is 16.8. The van der Waals surface area contributed by atoms with Gasteiger partial charge in [0.15, 0.2) is 0 Å². The van der Waals surface area contributed by atoms with Crippen LogP contribution in [-0.4, -0.2) is 49.8 Å². The monoisotopic (exact) mass is 394 g/mol. The Hall–Kier alpha value is -3.19. The number of carbonyl (C=O) groups excluding carboxylic acids is 3. The number of amides is 3. The quantitative estimate of drug-likeness (QED) is 0.755. The number of anilines is 2. The number of hydrogen-bond donors (Lipinski definition) is 2. The third-order valence-corrected chi connectivity index (χ3v) is 4.82. The van der Waals surface area contributed by atoms with Crippen molar-refractivity contribution in [2.45, 2.75) is 19.4 Å². The van der Waals surface area contributed by atoms with Crippen molar-refractivity contribution in [3.05, 3.63) is 59.7 Å². The molecule has 0 aromatic heterocycles. The zero-order valence-corrected chi connectivity index (χ0v) is 16.8. The molecule has 0 unspecified atom stereocenters. The molecule has 2 aromatic carbocycles. The fourth-order valence-corrected chi connectivity index (χ4v) is 3.39. The van der Waals surface area contributed by atoms with Crippen LogP contribution in [0, 0.1) is 0 Å². The van der Waals surface area contributed by atoms with Crippen LogP contribution >= 0.6 is 0 Å². The minimum absolute atomic E-state index is 0.121. The summed E-state index contributed by atoms with van der Waals surface area (Å²) in [5.74, 6) is -0.128. The molecule has 0 saturated carbocycles. The van der Waals surface area contributed by atoms with Crippen molar-refractivity contribution in [3.63, 3.8) is 0 Å². The molecule has 152 valence electrons. The van der Waals surface area contributed by atoms with Crippen LogP contribution in [0.1, 0.15) is 28.8 Å². The Labute approximate surface area is 170 Å². The fourth-order valence-electron chi connectivity index (χ4n) is 3.39. The molecular weight excluding hydrogens is 368 g/mol. The lowest BCUT2D eigenvalue weighted by Crippen LogP contribution is -2.30. The van der Waals surface area contributed by atoms with Gasteiger partial charge in [-0.05, 0) is 49.4 Å². The smallest absolute Gasteiger partial charge is 0.251 e. The van der Waals surface area contributed by atoms with E-state index >= 15 is 0 Å². The zero-order chi connectivity index (χ0) is 20.8. The lowest BCUT2D eigenvalue weighted by Gasteiger charge is -2.18. The highest BCUT2D eigenvalue weighted by atomic mass is 16.2.